The number of benzene rings is 2. The van der Waals surface area contributed by atoms with Gasteiger partial charge in [-0.2, -0.15) is 0 Å². The molecule has 2 aromatic carbocycles. The standard InChI is InChI=1S/C14H11BrClF2N/c15-13-11(16)5-2-6-12(13)19-8-9-3-1-4-10(7-9)14(17)18/h1-7,14,19H,8H2. The Labute approximate surface area is 123 Å². The molecule has 19 heavy (non-hydrogen) atoms. The Hall–Kier alpha value is -1.13. The Morgan fingerprint density at radius 1 is 1.16 bits per heavy atom. The Kier molecular flexibility index (Phi) is 4.77. The van der Waals surface area contributed by atoms with E-state index in [-0.39, 0.29) is 5.56 Å². The van der Waals surface area contributed by atoms with Crippen molar-refractivity contribution in [1.29, 1.82) is 0 Å². The summed E-state index contributed by atoms with van der Waals surface area (Å²) in [5, 5.41) is 3.76. The fourth-order valence-electron chi connectivity index (χ4n) is 1.68. The SMILES string of the molecule is FC(F)c1cccc(CNc2cccc(Cl)c2Br)c1. The lowest BCUT2D eigenvalue weighted by molar-refractivity contribution is 0.151. The maximum atomic E-state index is 12.6. The van der Waals surface area contributed by atoms with Crippen molar-refractivity contribution in [1.82, 2.24) is 0 Å². The predicted octanol–water partition coefficient (Wildman–Crippen LogP) is 5.65. The molecule has 0 fully saturated rings. The number of hydrogen-bond donors (Lipinski definition) is 1. The zero-order chi connectivity index (χ0) is 13.8. The average Bonchev–Trinajstić information content (AvgIpc) is 2.41. The first kappa shape index (κ1) is 14.3. The van der Waals surface area contributed by atoms with Crippen molar-refractivity contribution in [3.05, 3.63) is 63.1 Å². The van der Waals surface area contributed by atoms with Gasteiger partial charge in [-0.3, -0.25) is 0 Å². The highest BCUT2D eigenvalue weighted by atomic mass is 79.9. The fraction of sp³-hybridized carbons (Fsp3) is 0.143. The summed E-state index contributed by atoms with van der Waals surface area (Å²) in [4.78, 5) is 0. The largest absolute Gasteiger partial charge is 0.380 e. The highest BCUT2D eigenvalue weighted by Crippen LogP contribution is 2.30. The van der Waals surface area contributed by atoms with Crippen LogP contribution < -0.4 is 5.32 Å². The van der Waals surface area contributed by atoms with Crippen LogP contribution in [-0.2, 0) is 6.54 Å². The zero-order valence-corrected chi connectivity index (χ0v) is 12.2. The van der Waals surface area contributed by atoms with Gasteiger partial charge in [0.05, 0.1) is 15.2 Å². The third-order valence-corrected chi connectivity index (χ3v) is 4.04. The molecule has 1 N–H and O–H groups in total. The fourth-order valence-corrected chi connectivity index (χ4v) is 2.26. The van der Waals surface area contributed by atoms with Crippen molar-refractivity contribution >= 4 is 33.2 Å². The first-order valence-corrected chi connectivity index (χ1v) is 6.80. The minimum absolute atomic E-state index is 0.0319. The van der Waals surface area contributed by atoms with Crippen LogP contribution in [-0.4, -0.2) is 0 Å². The molecule has 0 spiro atoms. The van der Waals surface area contributed by atoms with Gasteiger partial charge in [0.2, 0.25) is 0 Å². The molecule has 0 aliphatic carbocycles. The second-order valence-corrected chi connectivity index (χ2v) is 5.20. The van der Waals surface area contributed by atoms with Crippen LogP contribution in [0, 0.1) is 0 Å². The van der Waals surface area contributed by atoms with Gasteiger partial charge in [-0.05, 0) is 39.7 Å². The van der Waals surface area contributed by atoms with E-state index >= 15 is 0 Å². The maximum absolute atomic E-state index is 12.6. The molecule has 0 aliphatic rings. The second kappa shape index (κ2) is 6.35. The van der Waals surface area contributed by atoms with E-state index in [2.05, 4.69) is 21.2 Å². The third kappa shape index (κ3) is 3.67. The summed E-state index contributed by atoms with van der Waals surface area (Å²) in [7, 11) is 0. The van der Waals surface area contributed by atoms with Gasteiger partial charge in [0, 0.05) is 12.1 Å². The molecule has 1 nitrogen and oxygen atoms in total. The molecular formula is C14H11BrClF2N. The average molecular weight is 347 g/mol. The van der Waals surface area contributed by atoms with Crippen LogP contribution in [0.4, 0.5) is 14.5 Å². The molecule has 5 heteroatoms. The van der Waals surface area contributed by atoms with Gasteiger partial charge >= 0.3 is 0 Å². The first-order valence-electron chi connectivity index (χ1n) is 5.63. The van der Waals surface area contributed by atoms with Crippen molar-refractivity contribution in [2.75, 3.05) is 5.32 Å². The summed E-state index contributed by atoms with van der Waals surface area (Å²) >= 11 is 9.35. The van der Waals surface area contributed by atoms with Crippen LogP contribution in [0.2, 0.25) is 5.02 Å². The molecule has 0 heterocycles. The van der Waals surface area contributed by atoms with Crippen LogP contribution in [0.1, 0.15) is 17.6 Å². The molecule has 0 bridgehead atoms. The lowest BCUT2D eigenvalue weighted by Crippen LogP contribution is -2.01. The van der Waals surface area contributed by atoms with Crippen LogP contribution in [0.3, 0.4) is 0 Å². The molecule has 0 aliphatic heterocycles. The zero-order valence-electron chi connectivity index (χ0n) is 9.84. The van der Waals surface area contributed by atoms with Crippen molar-refractivity contribution in [3.63, 3.8) is 0 Å². The summed E-state index contributed by atoms with van der Waals surface area (Å²) in [5.74, 6) is 0. The van der Waals surface area contributed by atoms with Crippen LogP contribution >= 0.6 is 27.5 Å². The van der Waals surface area contributed by atoms with Gasteiger partial charge in [0.1, 0.15) is 0 Å². The molecule has 0 unspecified atom stereocenters. The highest BCUT2D eigenvalue weighted by molar-refractivity contribution is 9.10. The molecule has 100 valence electrons. The summed E-state index contributed by atoms with van der Waals surface area (Å²) in [6.07, 6.45) is -2.45. The predicted molar refractivity (Wildman–Crippen MR) is 77.9 cm³/mol. The lowest BCUT2D eigenvalue weighted by Gasteiger charge is -2.10. The maximum Gasteiger partial charge on any atom is 0.263 e. The smallest absolute Gasteiger partial charge is 0.263 e. The van der Waals surface area contributed by atoms with Crippen molar-refractivity contribution < 1.29 is 8.78 Å². The molecule has 0 amide bonds. The van der Waals surface area contributed by atoms with E-state index < -0.39 is 6.43 Å². The van der Waals surface area contributed by atoms with E-state index in [0.29, 0.717) is 11.6 Å². The van der Waals surface area contributed by atoms with Gasteiger partial charge in [-0.25, -0.2) is 8.78 Å². The Morgan fingerprint density at radius 2 is 1.89 bits per heavy atom. The monoisotopic (exact) mass is 345 g/mol. The Balaban J connectivity index is 2.10. The van der Waals surface area contributed by atoms with Crippen LogP contribution in [0.5, 0.6) is 0 Å². The number of hydrogen-bond acceptors (Lipinski definition) is 1. The quantitative estimate of drug-likeness (QED) is 0.754. The van der Waals surface area contributed by atoms with E-state index in [9.17, 15) is 8.78 Å². The molecule has 0 saturated heterocycles. The van der Waals surface area contributed by atoms with Crippen LogP contribution in [0.15, 0.2) is 46.9 Å². The molecule has 0 aromatic heterocycles. The molecule has 2 aromatic rings. The van der Waals surface area contributed by atoms with E-state index in [0.717, 1.165) is 15.7 Å². The Morgan fingerprint density at radius 3 is 2.63 bits per heavy atom. The number of halogens is 4. The van der Waals surface area contributed by atoms with Crippen molar-refractivity contribution in [2.24, 2.45) is 0 Å². The third-order valence-electron chi connectivity index (χ3n) is 2.64. The van der Waals surface area contributed by atoms with Gasteiger partial charge in [-0.15, -0.1) is 0 Å². The molecular weight excluding hydrogens is 336 g/mol. The molecule has 0 radical (unpaired) electrons. The first-order chi connectivity index (χ1) is 9.08. The lowest BCUT2D eigenvalue weighted by atomic mass is 10.1. The summed E-state index contributed by atoms with van der Waals surface area (Å²) in [6, 6.07) is 11.8. The number of anilines is 1. The van der Waals surface area contributed by atoms with E-state index in [1.54, 1.807) is 18.2 Å². The second-order valence-electron chi connectivity index (χ2n) is 4.00. The van der Waals surface area contributed by atoms with Gasteiger partial charge in [0.15, 0.2) is 0 Å². The summed E-state index contributed by atoms with van der Waals surface area (Å²) in [6.45, 7) is 0.458. The molecule has 0 saturated carbocycles. The normalized spacial score (nSPS) is 10.8. The van der Waals surface area contributed by atoms with Gasteiger partial charge in [-0.1, -0.05) is 35.9 Å². The topological polar surface area (TPSA) is 12.0 Å². The van der Waals surface area contributed by atoms with E-state index in [4.69, 9.17) is 11.6 Å². The summed E-state index contributed by atoms with van der Waals surface area (Å²) < 4.78 is 25.9. The molecule has 0 atom stereocenters. The van der Waals surface area contributed by atoms with Gasteiger partial charge < -0.3 is 5.32 Å². The van der Waals surface area contributed by atoms with Gasteiger partial charge in [0.25, 0.3) is 6.43 Å². The molecule has 2 rings (SSSR count). The van der Waals surface area contributed by atoms with Crippen molar-refractivity contribution in [2.45, 2.75) is 13.0 Å². The minimum Gasteiger partial charge on any atom is -0.380 e. The Bertz CT molecular complexity index is 575. The highest BCUT2D eigenvalue weighted by Gasteiger charge is 2.07. The summed E-state index contributed by atoms with van der Waals surface area (Å²) in [5.41, 5.74) is 1.66. The van der Waals surface area contributed by atoms with Crippen LogP contribution in [0.25, 0.3) is 0 Å². The number of rotatable bonds is 4. The van der Waals surface area contributed by atoms with E-state index in [1.165, 1.54) is 12.1 Å². The minimum atomic E-state index is -2.45. The van der Waals surface area contributed by atoms with Crippen molar-refractivity contribution in [3.8, 4) is 0 Å². The van der Waals surface area contributed by atoms with E-state index in [1.807, 2.05) is 12.1 Å². The number of nitrogens with one attached hydrogen (secondary N) is 1. The number of alkyl halides is 2.